The van der Waals surface area contributed by atoms with E-state index in [0.29, 0.717) is 5.41 Å². The molecule has 1 aromatic carbocycles. The van der Waals surface area contributed by atoms with Gasteiger partial charge in [-0.1, -0.05) is 25.8 Å². The molecule has 118 valence electrons. The molecule has 21 heavy (non-hydrogen) atoms. The van der Waals surface area contributed by atoms with Gasteiger partial charge in [-0.05, 0) is 50.9 Å². The Morgan fingerprint density at radius 2 is 2.00 bits per heavy atom. The van der Waals surface area contributed by atoms with Crippen molar-refractivity contribution in [3.63, 3.8) is 0 Å². The van der Waals surface area contributed by atoms with Gasteiger partial charge in [0.1, 0.15) is 5.82 Å². The van der Waals surface area contributed by atoms with Crippen LogP contribution in [0.25, 0.3) is 0 Å². The van der Waals surface area contributed by atoms with Crippen molar-refractivity contribution in [3.05, 3.63) is 30.1 Å². The molecule has 0 saturated heterocycles. The maximum absolute atomic E-state index is 13.5. The third kappa shape index (κ3) is 4.44. The van der Waals surface area contributed by atoms with Gasteiger partial charge in [-0.2, -0.15) is 0 Å². The van der Waals surface area contributed by atoms with Crippen LogP contribution in [0.1, 0.15) is 46.0 Å². The second kappa shape index (κ2) is 7.79. The third-order valence-electron chi connectivity index (χ3n) is 4.67. The first-order valence-electron chi connectivity index (χ1n) is 8.40. The molecular formula is C18H29FN2. The molecule has 1 aliphatic carbocycles. The van der Waals surface area contributed by atoms with Gasteiger partial charge in [-0.15, -0.1) is 0 Å². The van der Waals surface area contributed by atoms with Crippen LogP contribution >= 0.6 is 0 Å². The molecule has 2 rings (SSSR count). The summed E-state index contributed by atoms with van der Waals surface area (Å²) in [7, 11) is 0. The Hall–Kier alpha value is -1.09. The Balaban J connectivity index is 2.06. The smallest absolute Gasteiger partial charge is 0.125 e. The molecule has 0 aromatic heterocycles. The lowest BCUT2D eigenvalue weighted by molar-refractivity contribution is 0.284. The SMILES string of the molecule is CCCNCC1(CN(CC)c2cccc(F)c2)CCCC1. The molecule has 1 fully saturated rings. The second-order valence-corrected chi connectivity index (χ2v) is 6.38. The van der Waals surface area contributed by atoms with Crippen molar-refractivity contribution in [1.82, 2.24) is 5.32 Å². The number of rotatable bonds is 8. The van der Waals surface area contributed by atoms with Crippen molar-refractivity contribution in [3.8, 4) is 0 Å². The fraction of sp³-hybridized carbons (Fsp3) is 0.667. The molecule has 2 nitrogen and oxygen atoms in total. The maximum Gasteiger partial charge on any atom is 0.125 e. The van der Waals surface area contributed by atoms with Crippen LogP contribution in [0, 0.1) is 11.2 Å². The van der Waals surface area contributed by atoms with Crippen molar-refractivity contribution >= 4 is 5.69 Å². The molecule has 1 saturated carbocycles. The Labute approximate surface area is 128 Å². The summed E-state index contributed by atoms with van der Waals surface area (Å²) in [5.41, 5.74) is 1.37. The van der Waals surface area contributed by atoms with E-state index < -0.39 is 0 Å². The second-order valence-electron chi connectivity index (χ2n) is 6.38. The largest absolute Gasteiger partial charge is 0.371 e. The van der Waals surface area contributed by atoms with E-state index in [-0.39, 0.29) is 5.82 Å². The summed E-state index contributed by atoms with van der Waals surface area (Å²) in [6.07, 6.45) is 6.41. The summed E-state index contributed by atoms with van der Waals surface area (Å²) in [4.78, 5) is 2.34. The van der Waals surface area contributed by atoms with Gasteiger partial charge in [0.05, 0.1) is 0 Å². The van der Waals surface area contributed by atoms with Crippen LogP contribution in [-0.2, 0) is 0 Å². The highest BCUT2D eigenvalue weighted by Crippen LogP contribution is 2.39. The zero-order valence-corrected chi connectivity index (χ0v) is 13.5. The lowest BCUT2D eigenvalue weighted by Gasteiger charge is -2.36. The number of anilines is 1. The van der Waals surface area contributed by atoms with Crippen molar-refractivity contribution in [2.24, 2.45) is 5.41 Å². The fourth-order valence-corrected chi connectivity index (χ4v) is 3.51. The first kappa shape index (κ1) is 16.3. The standard InChI is InChI=1S/C18H29FN2/c1-3-12-20-14-18(10-5-6-11-18)15-21(4-2)17-9-7-8-16(19)13-17/h7-9,13,20H,3-6,10-12,14-15H2,1-2H3. The van der Waals surface area contributed by atoms with E-state index in [1.165, 1.54) is 38.2 Å². The van der Waals surface area contributed by atoms with E-state index >= 15 is 0 Å². The van der Waals surface area contributed by atoms with Crippen LogP contribution in [0.4, 0.5) is 10.1 Å². The molecule has 1 aromatic rings. The van der Waals surface area contributed by atoms with Gasteiger partial charge in [0.15, 0.2) is 0 Å². The lowest BCUT2D eigenvalue weighted by Crippen LogP contribution is -2.43. The zero-order valence-electron chi connectivity index (χ0n) is 13.5. The lowest BCUT2D eigenvalue weighted by atomic mass is 9.85. The average Bonchev–Trinajstić information content (AvgIpc) is 2.94. The van der Waals surface area contributed by atoms with Crippen LogP contribution in [0.5, 0.6) is 0 Å². The minimum absolute atomic E-state index is 0.143. The highest BCUT2D eigenvalue weighted by Gasteiger charge is 2.35. The minimum Gasteiger partial charge on any atom is -0.371 e. The predicted molar refractivity (Wildman–Crippen MR) is 88.3 cm³/mol. The Morgan fingerprint density at radius 1 is 1.24 bits per heavy atom. The number of nitrogens with one attached hydrogen (secondary N) is 1. The van der Waals surface area contributed by atoms with Crippen LogP contribution in [-0.4, -0.2) is 26.2 Å². The van der Waals surface area contributed by atoms with Gasteiger partial charge >= 0.3 is 0 Å². The molecule has 0 amide bonds. The normalized spacial score (nSPS) is 17.1. The van der Waals surface area contributed by atoms with Crippen molar-refractivity contribution in [2.75, 3.05) is 31.1 Å². The van der Waals surface area contributed by atoms with Crippen molar-refractivity contribution in [2.45, 2.75) is 46.0 Å². The molecule has 0 unspecified atom stereocenters. The van der Waals surface area contributed by atoms with Crippen LogP contribution in [0.3, 0.4) is 0 Å². The van der Waals surface area contributed by atoms with Gasteiger partial charge in [0, 0.05) is 30.7 Å². The number of nitrogens with zero attached hydrogens (tertiary/aromatic N) is 1. The van der Waals surface area contributed by atoms with E-state index in [1.54, 1.807) is 6.07 Å². The zero-order chi connectivity index (χ0) is 15.1. The number of benzene rings is 1. The fourth-order valence-electron chi connectivity index (χ4n) is 3.51. The Bertz CT molecular complexity index is 427. The molecule has 0 heterocycles. The van der Waals surface area contributed by atoms with E-state index in [4.69, 9.17) is 0 Å². The summed E-state index contributed by atoms with van der Waals surface area (Å²) in [5, 5.41) is 3.61. The first-order valence-corrected chi connectivity index (χ1v) is 8.40. The van der Waals surface area contributed by atoms with Crippen molar-refractivity contribution < 1.29 is 4.39 Å². The molecular weight excluding hydrogens is 263 g/mol. The van der Waals surface area contributed by atoms with Gasteiger partial charge in [0.2, 0.25) is 0 Å². The molecule has 0 atom stereocenters. The average molecular weight is 292 g/mol. The van der Waals surface area contributed by atoms with E-state index in [9.17, 15) is 4.39 Å². The number of halogens is 1. The number of hydrogen-bond acceptors (Lipinski definition) is 2. The number of hydrogen-bond donors (Lipinski definition) is 1. The van der Waals surface area contributed by atoms with E-state index in [0.717, 1.165) is 31.9 Å². The minimum atomic E-state index is -0.143. The molecule has 0 radical (unpaired) electrons. The monoisotopic (exact) mass is 292 g/mol. The topological polar surface area (TPSA) is 15.3 Å². The molecule has 0 bridgehead atoms. The van der Waals surface area contributed by atoms with E-state index in [2.05, 4.69) is 24.1 Å². The van der Waals surface area contributed by atoms with Crippen molar-refractivity contribution in [1.29, 1.82) is 0 Å². The van der Waals surface area contributed by atoms with Crippen LogP contribution in [0.15, 0.2) is 24.3 Å². The summed E-state index contributed by atoms with van der Waals surface area (Å²) in [5.74, 6) is -0.143. The van der Waals surface area contributed by atoms with Crippen LogP contribution < -0.4 is 10.2 Å². The highest BCUT2D eigenvalue weighted by atomic mass is 19.1. The molecule has 0 spiro atoms. The van der Waals surface area contributed by atoms with Gasteiger partial charge in [-0.25, -0.2) is 4.39 Å². The molecule has 1 aliphatic rings. The first-order chi connectivity index (χ1) is 10.2. The van der Waals surface area contributed by atoms with Crippen LogP contribution in [0.2, 0.25) is 0 Å². The van der Waals surface area contributed by atoms with Gasteiger partial charge in [-0.3, -0.25) is 0 Å². The van der Waals surface area contributed by atoms with E-state index in [1.807, 2.05) is 12.1 Å². The maximum atomic E-state index is 13.5. The Kier molecular flexibility index (Phi) is 6.04. The summed E-state index contributed by atoms with van der Waals surface area (Å²) in [6, 6.07) is 7.01. The summed E-state index contributed by atoms with van der Waals surface area (Å²) in [6.45, 7) is 8.51. The summed E-state index contributed by atoms with van der Waals surface area (Å²) >= 11 is 0. The third-order valence-corrected chi connectivity index (χ3v) is 4.67. The van der Waals surface area contributed by atoms with Gasteiger partial charge < -0.3 is 10.2 Å². The molecule has 0 aliphatic heterocycles. The quantitative estimate of drug-likeness (QED) is 0.722. The molecule has 3 heteroatoms. The Morgan fingerprint density at radius 3 is 2.62 bits per heavy atom. The molecule has 1 N–H and O–H groups in total. The predicted octanol–water partition coefficient (Wildman–Crippen LogP) is 4.21. The summed E-state index contributed by atoms with van der Waals surface area (Å²) < 4.78 is 13.5. The highest BCUT2D eigenvalue weighted by molar-refractivity contribution is 5.46. The van der Waals surface area contributed by atoms with Gasteiger partial charge in [0.25, 0.3) is 0 Å².